The molecule has 0 spiro atoms. The third kappa shape index (κ3) is 8.40. The number of likely N-dealkylation sites (tertiary alicyclic amines) is 1. The normalized spacial score (nSPS) is 15.2. The van der Waals surface area contributed by atoms with Crippen LogP contribution in [0, 0.1) is 5.92 Å². The quantitative estimate of drug-likeness (QED) is 0.262. The second-order valence-corrected chi connectivity index (χ2v) is 10.2. The summed E-state index contributed by atoms with van der Waals surface area (Å²) in [6.45, 7) is 4.13. The van der Waals surface area contributed by atoms with E-state index in [2.05, 4.69) is 45.5 Å². The molecule has 1 unspecified atom stereocenters. The van der Waals surface area contributed by atoms with E-state index in [1.807, 2.05) is 43.4 Å². The number of hydrogen-bond acceptors (Lipinski definition) is 6. The lowest BCUT2D eigenvalue weighted by molar-refractivity contribution is 0.0969. The van der Waals surface area contributed by atoms with E-state index in [4.69, 9.17) is 9.47 Å². The topological polar surface area (TPSA) is 63.7 Å². The highest BCUT2D eigenvalue weighted by atomic mass is 16.5. The van der Waals surface area contributed by atoms with E-state index in [9.17, 15) is 4.79 Å². The van der Waals surface area contributed by atoms with Crippen LogP contribution >= 0.6 is 0 Å². The van der Waals surface area contributed by atoms with Gasteiger partial charge >= 0.3 is 0 Å². The van der Waals surface area contributed by atoms with Gasteiger partial charge in [-0.3, -0.25) is 14.7 Å². The maximum Gasteiger partial charge on any atom is 0.181 e. The molecule has 4 rings (SSSR count). The number of hydrogen-bond donors (Lipinski definition) is 1. The number of nitrogens with zero attached hydrogens (tertiary/aromatic N) is 2. The third-order valence-corrected chi connectivity index (χ3v) is 7.41. The van der Waals surface area contributed by atoms with Crippen molar-refractivity contribution in [2.24, 2.45) is 5.92 Å². The smallest absolute Gasteiger partial charge is 0.181 e. The first-order valence-electron chi connectivity index (χ1n) is 13.9. The maximum atomic E-state index is 12.8. The Morgan fingerprint density at radius 1 is 1.03 bits per heavy atom. The Morgan fingerprint density at radius 2 is 1.76 bits per heavy atom. The van der Waals surface area contributed by atoms with Crippen LogP contribution in [-0.2, 0) is 6.54 Å². The van der Waals surface area contributed by atoms with Gasteiger partial charge in [0.1, 0.15) is 23.3 Å². The van der Waals surface area contributed by atoms with Crippen LogP contribution in [0.1, 0.15) is 66.2 Å². The van der Waals surface area contributed by atoms with Crippen molar-refractivity contribution in [1.82, 2.24) is 15.2 Å². The molecule has 1 saturated heterocycles. The minimum Gasteiger partial charge on any atom is -0.497 e. The van der Waals surface area contributed by atoms with Crippen molar-refractivity contribution in [3.63, 3.8) is 0 Å². The Morgan fingerprint density at radius 3 is 2.42 bits per heavy atom. The van der Waals surface area contributed by atoms with Gasteiger partial charge in [-0.15, -0.1) is 0 Å². The standard InChI is InChI=1S/C32H41N3O3/c1-33-20-17-32(38-29-14-12-28(37-2)13-15-29)27-11-16-30(34-23-27)31(36)10-6-9-25-18-21-35(22-19-25)24-26-7-4-3-5-8-26/h3-5,7-8,11-16,23,25,32-33H,6,9-10,17-22,24H2,1-2H3. The molecule has 2 heterocycles. The molecule has 6 heteroatoms. The molecule has 0 aliphatic carbocycles. The molecule has 38 heavy (non-hydrogen) atoms. The lowest BCUT2D eigenvalue weighted by atomic mass is 9.90. The summed E-state index contributed by atoms with van der Waals surface area (Å²) in [5.74, 6) is 2.41. The number of benzene rings is 2. The summed E-state index contributed by atoms with van der Waals surface area (Å²) in [7, 11) is 3.58. The van der Waals surface area contributed by atoms with E-state index in [0.29, 0.717) is 18.0 Å². The molecule has 6 nitrogen and oxygen atoms in total. The molecule has 1 aromatic heterocycles. The molecule has 2 aromatic carbocycles. The van der Waals surface area contributed by atoms with Crippen LogP contribution in [0.4, 0.5) is 0 Å². The average Bonchev–Trinajstić information content (AvgIpc) is 2.97. The molecule has 0 amide bonds. The fraction of sp³-hybridized carbons (Fsp3) is 0.438. The summed E-state index contributed by atoms with van der Waals surface area (Å²) >= 11 is 0. The van der Waals surface area contributed by atoms with E-state index in [0.717, 1.165) is 62.5 Å². The third-order valence-electron chi connectivity index (χ3n) is 7.41. The Labute approximate surface area is 227 Å². The highest BCUT2D eigenvalue weighted by Gasteiger charge is 2.20. The van der Waals surface area contributed by atoms with Crippen LogP contribution in [0.2, 0.25) is 0 Å². The molecule has 1 aliphatic rings. The Bertz CT molecular complexity index is 1100. The van der Waals surface area contributed by atoms with Gasteiger partial charge in [-0.05, 0) is 94.2 Å². The lowest BCUT2D eigenvalue weighted by Gasteiger charge is -2.32. The van der Waals surface area contributed by atoms with Crippen LogP contribution in [0.25, 0.3) is 0 Å². The number of pyridine rings is 1. The molecule has 202 valence electrons. The van der Waals surface area contributed by atoms with E-state index < -0.39 is 0 Å². The van der Waals surface area contributed by atoms with Crippen molar-refractivity contribution in [3.8, 4) is 11.5 Å². The Hall–Kier alpha value is -3.22. The number of nitrogens with one attached hydrogen (secondary N) is 1. The van der Waals surface area contributed by atoms with Crippen molar-refractivity contribution < 1.29 is 14.3 Å². The van der Waals surface area contributed by atoms with Gasteiger partial charge in [-0.1, -0.05) is 36.4 Å². The summed E-state index contributed by atoms with van der Waals surface area (Å²) in [5, 5.41) is 3.19. The minimum atomic E-state index is -0.153. The van der Waals surface area contributed by atoms with Crippen LogP contribution in [0.5, 0.6) is 11.5 Å². The molecule has 0 bridgehead atoms. The molecule has 1 aliphatic heterocycles. The van der Waals surface area contributed by atoms with Crippen molar-refractivity contribution in [2.45, 2.75) is 51.2 Å². The first kappa shape index (κ1) is 27.8. The Balaban J connectivity index is 1.22. The first-order chi connectivity index (χ1) is 18.6. The number of methoxy groups -OCH3 is 1. The molecule has 1 atom stereocenters. The van der Waals surface area contributed by atoms with Crippen molar-refractivity contribution >= 4 is 5.78 Å². The Kier molecular flexibility index (Phi) is 10.7. The van der Waals surface area contributed by atoms with E-state index >= 15 is 0 Å². The SMILES string of the molecule is CNCCC(Oc1ccc(OC)cc1)c1ccc(C(=O)CCCC2CCN(Cc3ccccc3)CC2)nc1. The molecule has 0 saturated carbocycles. The van der Waals surface area contributed by atoms with Crippen LogP contribution in [0.15, 0.2) is 72.9 Å². The molecule has 0 radical (unpaired) electrons. The van der Waals surface area contributed by atoms with Gasteiger partial charge in [0.25, 0.3) is 0 Å². The number of ketones is 1. The number of Topliss-reactive ketones (excluding diaryl/α,β-unsaturated/α-hetero) is 1. The fourth-order valence-corrected chi connectivity index (χ4v) is 5.10. The largest absolute Gasteiger partial charge is 0.497 e. The average molecular weight is 516 g/mol. The number of ether oxygens (including phenoxy) is 2. The summed E-state index contributed by atoms with van der Waals surface area (Å²) in [4.78, 5) is 19.9. The molecule has 1 fully saturated rings. The molecular formula is C32H41N3O3. The van der Waals surface area contributed by atoms with Crippen LogP contribution in [0.3, 0.4) is 0 Å². The summed E-state index contributed by atoms with van der Waals surface area (Å²) in [6.07, 6.45) is 7.47. The van der Waals surface area contributed by atoms with Gasteiger partial charge in [0.15, 0.2) is 5.78 Å². The zero-order valence-corrected chi connectivity index (χ0v) is 22.8. The van der Waals surface area contributed by atoms with Gasteiger partial charge < -0.3 is 14.8 Å². The number of carbonyl (C=O) groups excluding carboxylic acids is 1. The zero-order chi connectivity index (χ0) is 26.6. The lowest BCUT2D eigenvalue weighted by Crippen LogP contribution is -2.33. The fourth-order valence-electron chi connectivity index (χ4n) is 5.10. The predicted octanol–water partition coefficient (Wildman–Crippen LogP) is 6.09. The number of piperidine rings is 1. The van der Waals surface area contributed by atoms with Crippen molar-refractivity contribution in [2.75, 3.05) is 33.8 Å². The second-order valence-electron chi connectivity index (χ2n) is 10.2. The molecule has 3 aromatic rings. The van der Waals surface area contributed by atoms with E-state index in [-0.39, 0.29) is 11.9 Å². The zero-order valence-electron chi connectivity index (χ0n) is 22.8. The van der Waals surface area contributed by atoms with Gasteiger partial charge in [-0.2, -0.15) is 0 Å². The van der Waals surface area contributed by atoms with E-state index in [1.165, 1.54) is 18.4 Å². The summed E-state index contributed by atoms with van der Waals surface area (Å²) in [5.41, 5.74) is 2.90. The van der Waals surface area contributed by atoms with Gasteiger partial charge in [0.2, 0.25) is 0 Å². The van der Waals surface area contributed by atoms with Crippen LogP contribution < -0.4 is 14.8 Å². The van der Waals surface area contributed by atoms with Gasteiger partial charge in [0.05, 0.1) is 7.11 Å². The summed E-state index contributed by atoms with van der Waals surface area (Å²) < 4.78 is 11.5. The highest BCUT2D eigenvalue weighted by molar-refractivity contribution is 5.94. The van der Waals surface area contributed by atoms with Crippen LogP contribution in [-0.4, -0.2) is 49.5 Å². The molecular weight excluding hydrogens is 474 g/mol. The van der Waals surface area contributed by atoms with Gasteiger partial charge in [0, 0.05) is 31.1 Å². The maximum absolute atomic E-state index is 12.8. The highest BCUT2D eigenvalue weighted by Crippen LogP contribution is 2.27. The van der Waals surface area contributed by atoms with Crippen molar-refractivity contribution in [3.05, 3.63) is 89.7 Å². The number of aromatic nitrogens is 1. The summed E-state index contributed by atoms with van der Waals surface area (Å²) in [6, 6.07) is 22.1. The monoisotopic (exact) mass is 515 g/mol. The minimum absolute atomic E-state index is 0.126. The predicted molar refractivity (Wildman–Crippen MR) is 152 cm³/mol. The molecule has 1 N–H and O–H groups in total. The second kappa shape index (κ2) is 14.6. The first-order valence-corrected chi connectivity index (χ1v) is 13.9. The van der Waals surface area contributed by atoms with E-state index in [1.54, 1.807) is 13.3 Å². The number of rotatable bonds is 14. The van der Waals surface area contributed by atoms with Crippen molar-refractivity contribution in [1.29, 1.82) is 0 Å². The van der Waals surface area contributed by atoms with Gasteiger partial charge in [-0.25, -0.2) is 0 Å². The number of carbonyl (C=O) groups is 1.